The monoisotopic (exact) mass is 365 g/mol. The summed E-state index contributed by atoms with van der Waals surface area (Å²) in [5.41, 5.74) is 1.45. The second kappa shape index (κ2) is 5.51. The van der Waals surface area contributed by atoms with Crippen LogP contribution < -0.4 is 4.90 Å². The highest BCUT2D eigenvalue weighted by molar-refractivity contribution is 9.11. The van der Waals surface area contributed by atoms with Crippen LogP contribution in [0.3, 0.4) is 0 Å². The van der Waals surface area contributed by atoms with Crippen LogP contribution in [0.5, 0.6) is 0 Å². The molecule has 0 aliphatic heterocycles. The number of halogens is 2. The van der Waals surface area contributed by atoms with E-state index >= 15 is 0 Å². The Labute approximate surface area is 122 Å². The lowest BCUT2D eigenvalue weighted by atomic mass is 10.2. The zero-order chi connectivity index (χ0) is 13.1. The first kappa shape index (κ1) is 13.1. The van der Waals surface area contributed by atoms with Gasteiger partial charge in [-0.3, -0.25) is 0 Å². The van der Waals surface area contributed by atoms with Crippen LogP contribution in [-0.2, 0) is 0 Å². The third-order valence-electron chi connectivity index (χ3n) is 2.49. The van der Waals surface area contributed by atoms with Gasteiger partial charge in [0.15, 0.2) is 0 Å². The Morgan fingerprint density at radius 3 is 2.67 bits per heavy atom. The highest BCUT2D eigenvalue weighted by atomic mass is 79.9. The van der Waals surface area contributed by atoms with Crippen molar-refractivity contribution in [2.45, 2.75) is 0 Å². The van der Waals surface area contributed by atoms with Gasteiger partial charge in [-0.05, 0) is 50.1 Å². The fourth-order valence-electron chi connectivity index (χ4n) is 1.63. The standard InChI is InChI=1S/C13H9Br2N3/c1-18(12-5-3-2-4-9(12)7-16)13-11(15)6-10(14)8-17-13/h2-6,8H,1H3. The van der Waals surface area contributed by atoms with E-state index in [-0.39, 0.29) is 0 Å². The van der Waals surface area contributed by atoms with E-state index in [0.717, 1.165) is 20.5 Å². The van der Waals surface area contributed by atoms with E-state index in [2.05, 4.69) is 42.9 Å². The van der Waals surface area contributed by atoms with Gasteiger partial charge < -0.3 is 4.90 Å². The van der Waals surface area contributed by atoms with Crippen molar-refractivity contribution >= 4 is 43.4 Å². The molecule has 0 aliphatic rings. The molecule has 5 heteroatoms. The summed E-state index contributed by atoms with van der Waals surface area (Å²) in [4.78, 5) is 6.24. The van der Waals surface area contributed by atoms with E-state index in [1.165, 1.54) is 0 Å². The maximum Gasteiger partial charge on any atom is 0.147 e. The van der Waals surface area contributed by atoms with Gasteiger partial charge in [-0.2, -0.15) is 5.26 Å². The lowest BCUT2D eigenvalue weighted by molar-refractivity contribution is 1.11. The first-order chi connectivity index (χ1) is 8.63. The summed E-state index contributed by atoms with van der Waals surface area (Å²) in [6.45, 7) is 0. The minimum Gasteiger partial charge on any atom is -0.327 e. The normalized spacial score (nSPS) is 9.89. The van der Waals surface area contributed by atoms with Crippen LogP contribution in [0, 0.1) is 11.3 Å². The molecule has 0 saturated carbocycles. The first-order valence-corrected chi connectivity index (χ1v) is 6.76. The number of hydrogen-bond acceptors (Lipinski definition) is 3. The zero-order valence-electron chi connectivity index (χ0n) is 9.56. The number of anilines is 2. The molecule has 1 aromatic heterocycles. The van der Waals surface area contributed by atoms with Crippen molar-refractivity contribution in [3.05, 3.63) is 51.0 Å². The average molecular weight is 367 g/mol. The number of nitrogens with zero attached hydrogens (tertiary/aromatic N) is 3. The fraction of sp³-hybridized carbons (Fsp3) is 0.0769. The lowest BCUT2D eigenvalue weighted by Gasteiger charge is -2.20. The summed E-state index contributed by atoms with van der Waals surface area (Å²) in [7, 11) is 1.89. The summed E-state index contributed by atoms with van der Waals surface area (Å²) in [6.07, 6.45) is 1.73. The topological polar surface area (TPSA) is 39.9 Å². The highest BCUT2D eigenvalue weighted by Crippen LogP contribution is 2.32. The van der Waals surface area contributed by atoms with Gasteiger partial charge >= 0.3 is 0 Å². The van der Waals surface area contributed by atoms with Crippen LogP contribution in [0.25, 0.3) is 0 Å². The van der Waals surface area contributed by atoms with Gasteiger partial charge in [-0.25, -0.2) is 4.98 Å². The molecular weight excluding hydrogens is 358 g/mol. The van der Waals surface area contributed by atoms with E-state index in [1.54, 1.807) is 12.3 Å². The van der Waals surface area contributed by atoms with Gasteiger partial charge in [-0.1, -0.05) is 12.1 Å². The van der Waals surface area contributed by atoms with Crippen LogP contribution in [0.15, 0.2) is 45.5 Å². The highest BCUT2D eigenvalue weighted by Gasteiger charge is 2.12. The molecule has 0 bridgehead atoms. The number of hydrogen-bond donors (Lipinski definition) is 0. The molecule has 3 nitrogen and oxygen atoms in total. The number of rotatable bonds is 2. The lowest BCUT2D eigenvalue weighted by Crippen LogP contribution is -2.13. The predicted octanol–water partition coefficient (Wildman–Crippen LogP) is 4.25. The number of aromatic nitrogens is 1. The number of pyridine rings is 1. The van der Waals surface area contributed by atoms with Crippen LogP contribution in [-0.4, -0.2) is 12.0 Å². The molecule has 1 aromatic carbocycles. The van der Waals surface area contributed by atoms with Gasteiger partial charge in [0.25, 0.3) is 0 Å². The van der Waals surface area contributed by atoms with Gasteiger partial charge in [-0.15, -0.1) is 0 Å². The Morgan fingerprint density at radius 2 is 2.00 bits per heavy atom. The largest absolute Gasteiger partial charge is 0.327 e. The molecule has 0 spiro atoms. The molecule has 18 heavy (non-hydrogen) atoms. The average Bonchev–Trinajstić information content (AvgIpc) is 2.38. The summed E-state index contributed by atoms with van der Waals surface area (Å²) < 4.78 is 1.77. The Balaban J connectivity index is 2.48. The third-order valence-corrected chi connectivity index (χ3v) is 3.51. The number of benzene rings is 1. The molecule has 2 aromatic rings. The van der Waals surface area contributed by atoms with Crippen molar-refractivity contribution in [3.63, 3.8) is 0 Å². The minimum absolute atomic E-state index is 0.622. The van der Waals surface area contributed by atoms with Crippen molar-refractivity contribution < 1.29 is 0 Å². The van der Waals surface area contributed by atoms with Crippen molar-refractivity contribution in [1.29, 1.82) is 5.26 Å². The van der Waals surface area contributed by atoms with Crippen LogP contribution in [0.1, 0.15) is 5.56 Å². The van der Waals surface area contributed by atoms with E-state index in [1.807, 2.05) is 36.2 Å². The Bertz CT molecular complexity index is 620. The fourth-order valence-corrected chi connectivity index (χ4v) is 2.88. The second-order valence-corrected chi connectivity index (χ2v) is 5.42. The Hall–Kier alpha value is -1.38. The molecule has 0 radical (unpaired) electrons. The maximum absolute atomic E-state index is 9.11. The molecule has 0 amide bonds. The second-order valence-electron chi connectivity index (χ2n) is 3.65. The molecule has 90 valence electrons. The molecule has 0 aliphatic carbocycles. The van der Waals surface area contributed by atoms with Gasteiger partial charge in [0.2, 0.25) is 0 Å². The van der Waals surface area contributed by atoms with E-state index in [0.29, 0.717) is 5.56 Å². The predicted molar refractivity (Wildman–Crippen MR) is 78.9 cm³/mol. The summed E-state index contributed by atoms with van der Waals surface area (Å²) >= 11 is 6.84. The van der Waals surface area contributed by atoms with Crippen LogP contribution >= 0.6 is 31.9 Å². The maximum atomic E-state index is 9.11. The van der Waals surface area contributed by atoms with Gasteiger partial charge in [0.05, 0.1) is 15.7 Å². The minimum atomic E-state index is 0.622. The van der Waals surface area contributed by atoms with Gasteiger partial charge in [0, 0.05) is 17.7 Å². The molecule has 2 rings (SSSR count). The van der Waals surface area contributed by atoms with Crippen LogP contribution in [0.2, 0.25) is 0 Å². The third kappa shape index (κ3) is 2.55. The Kier molecular flexibility index (Phi) is 4.00. The molecule has 0 atom stereocenters. The SMILES string of the molecule is CN(c1ccccc1C#N)c1ncc(Br)cc1Br. The summed E-state index contributed by atoms with van der Waals surface area (Å²) in [5.74, 6) is 0.765. The molecule has 0 N–H and O–H groups in total. The number of nitriles is 1. The van der Waals surface area contributed by atoms with Crippen LogP contribution in [0.4, 0.5) is 11.5 Å². The number of para-hydroxylation sites is 1. The molecule has 1 heterocycles. The molecule has 0 saturated heterocycles. The van der Waals surface area contributed by atoms with Crippen molar-refractivity contribution in [2.75, 3.05) is 11.9 Å². The zero-order valence-corrected chi connectivity index (χ0v) is 12.7. The summed E-state index contributed by atoms with van der Waals surface area (Å²) in [6, 6.07) is 11.5. The van der Waals surface area contributed by atoms with E-state index < -0.39 is 0 Å². The van der Waals surface area contributed by atoms with Gasteiger partial charge in [0.1, 0.15) is 11.9 Å². The smallest absolute Gasteiger partial charge is 0.147 e. The van der Waals surface area contributed by atoms with Crippen molar-refractivity contribution in [3.8, 4) is 6.07 Å². The Morgan fingerprint density at radius 1 is 1.28 bits per heavy atom. The summed E-state index contributed by atoms with van der Waals surface area (Å²) in [5, 5.41) is 9.11. The quantitative estimate of drug-likeness (QED) is 0.797. The molecule has 0 unspecified atom stereocenters. The van der Waals surface area contributed by atoms with Crippen molar-refractivity contribution in [2.24, 2.45) is 0 Å². The molecular formula is C13H9Br2N3. The van der Waals surface area contributed by atoms with E-state index in [4.69, 9.17) is 5.26 Å². The van der Waals surface area contributed by atoms with Crippen molar-refractivity contribution in [1.82, 2.24) is 4.98 Å². The first-order valence-electron chi connectivity index (χ1n) is 5.17. The molecule has 0 fully saturated rings. The van der Waals surface area contributed by atoms with E-state index in [9.17, 15) is 0 Å².